The van der Waals surface area contributed by atoms with E-state index in [0.29, 0.717) is 35.4 Å². The number of rotatable bonds is 3. The van der Waals surface area contributed by atoms with Crippen molar-refractivity contribution < 1.29 is 9.21 Å². The fourth-order valence-corrected chi connectivity index (χ4v) is 2.87. The first-order valence-corrected chi connectivity index (χ1v) is 7.18. The van der Waals surface area contributed by atoms with Gasteiger partial charge in [-0.15, -0.1) is 12.4 Å². The van der Waals surface area contributed by atoms with Crippen LogP contribution in [-0.4, -0.2) is 17.6 Å². The van der Waals surface area contributed by atoms with Gasteiger partial charge in [0.15, 0.2) is 0 Å². The van der Waals surface area contributed by atoms with E-state index in [4.69, 9.17) is 21.3 Å². The summed E-state index contributed by atoms with van der Waals surface area (Å²) in [4.78, 5) is 11.6. The largest absolute Gasteiger partial charge is 0.468 e. The number of hydrogen-bond acceptors (Lipinski definition) is 4. The highest BCUT2D eigenvalue weighted by Gasteiger charge is 2.31. The van der Waals surface area contributed by atoms with Crippen LogP contribution in [0, 0.1) is 5.41 Å². The number of benzene rings is 1. The number of guanidine groups is 1. The molecule has 7 nitrogen and oxygen atoms in total. The molecule has 1 aromatic heterocycles. The Balaban J connectivity index is 0.00000208. The minimum Gasteiger partial charge on any atom is -0.468 e. The molecule has 0 fully saturated rings. The number of carbonyl (C=O) groups is 1. The fraction of sp³-hybridized carbons (Fsp3) is 0.188. The summed E-state index contributed by atoms with van der Waals surface area (Å²) < 4.78 is 5.54. The molecule has 0 saturated heterocycles. The smallest absolute Gasteiger partial charge is 0.252 e. The van der Waals surface area contributed by atoms with Crippen LogP contribution in [0.1, 0.15) is 39.6 Å². The number of nitrogens with zero attached hydrogens (tertiary/aromatic N) is 1. The molecule has 1 unspecified atom stereocenters. The van der Waals surface area contributed by atoms with Crippen molar-refractivity contribution >= 4 is 30.0 Å². The average molecular weight is 348 g/mol. The highest BCUT2D eigenvalue weighted by molar-refractivity contribution is 6.11. The summed E-state index contributed by atoms with van der Waals surface area (Å²) in [6.07, 6.45) is 2.62. The van der Waals surface area contributed by atoms with Gasteiger partial charge in [0, 0.05) is 6.42 Å². The predicted octanol–water partition coefficient (Wildman–Crippen LogP) is 1.72. The lowest BCUT2D eigenvalue weighted by Crippen LogP contribution is -2.29. The van der Waals surface area contributed by atoms with E-state index >= 15 is 0 Å². The molecule has 1 heterocycles. The van der Waals surface area contributed by atoms with Crippen LogP contribution in [0.3, 0.4) is 0 Å². The normalized spacial score (nSPS) is 17.7. The van der Waals surface area contributed by atoms with Gasteiger partial charge < -0.3 is 15.9 Å². The van der Waals surface area contributed by atoms with Crippen LogP contribution in [-0.2, 0) is 6.42 Å². The minimum absolute atomic E-state index is 0. The summed E-state index contributed by atoms with van der Waals surface area (Å²) in [5.74, 6) is -0.000203. The zero-order valence-corrected chi connectivity index (χ0v) is 13.6. The number of nitrogens with one attached hydrogen (secondary N) is 2. The molecule has 1 atom stereocenters. The van der Waals surface area contributed by atoms with Crippen LogP contribution in [0.4, 0.5) is 0 Å². The lowest BCUT2D eigenvalue weighted by atomic mass is 9.81. The predicted molar refractivity (Wildman–Crippen MR) is 93.6 cm³/mol. The highest BCUT2D eigenvalue weighted by Crippen LogP contribution is 2.35. The summed E-state index contributed by atoms with van der Waals surface area (Å²) in [6, 6.07) is 10.0. The molecule has 1 aliphatic rings. The molecule has 126 valence electrons. The van der Waals surface area contributed by atoms with Crippen molar-refractivity contribution in [1.82, 2.24) is 5.43 Å². The van der Waals surface area contributed by atoms with Crippen LogP contribution in [0.15, 0.2) is 46.1 Å². The number of hydrazone groups is 1. The molecule has 3 rings (SSSR count). The van der Waals surface area contributed by atoms with E-state index in [-0.39, 0.29) is 24.3 Å². The van der Waals surface area contributed by atoms with E-state index in [2.05, 4.69) is 10.5 Å². The number of fused-ring (bicyclic) bond motifs is 1. The van der Waals surface area contributed by atoms with Gasteiger partial charge in [0.25, 0.3) is 5.91 Å². The van der Waals surface area contributed by atoms with Crippen molar-refractivity contribution in [3.05, 3.63) is 59.0 Å². The number of hydrogen-bond donors (Lipinski definition) is 4. The molecule has 6 N–H and O–H groups in total. The zero-order valence-electron chi connectivity index (χ0n) is 12.8. The molecule has 0 bridgehead atoms. The molecule has 1 amide bonds. The van der Waals surface area contributed by atoms with Gasteiger partial charge in [-0.1, -0.05) is 30.3 Å². The van der Waals surface area contributed by atoms with Crippen molar-refractivity contribution in [1.29, 1.82) is 5.41 Å². The highest BCUT2D eigenvalue weighted by atomic mass is 35.5. The van der Waals surface area contributed by atoms with Gasteiger partial charge in [-0.25, -0.2) is 5.43 Å². The Morgan fingerprint density at radius 2 is 1.96 bits per heavy atom. The number of primary amides is 1. The molecule has 0 saturated carbocycles. The van der Waals surface area contributed by atoms with Crippen LogP contribution in [0.5, 0.6) is 0 Å². The molecular weight excluding hydrogens is 330 g/mol. The summed E-state index contributed by atoms with van der Waals surface area (Å²) in [5, 5.41) is 11.4. The minimum atomic E-state index is -0.566. The number of nitrogens with two attached hydrogens (primary N) is 2. The molecule has 1 aliphatic carbocycles. The van der Waals surface area contributed by atoms with Crippen molar-refractivity contribution in [2.45, 2.75) is 18.8 Å². The van der Waals surface area contributed by atoms with E-state index in [9.17, 15) is 4.79 Å². The van der Waals surface area contributed by atoms with Crippen molar-refractivity contribution in [3.63, 3.8) is 0 Å². The first-order chi connectivity index (χ1) is 11.1. The van der Waals surface area contributed by atoms with Crippen LogP contribution >= 0.6 is 12.4 Å². The molecule has 8 heteroatoms. The molecular formula is C16H18ClN5O2. The Kier molecular flexibility index (Phi) is 5.25. The standard InChI is InChI=1S/C16H17N5O2.ClH/c17-15(22)11-8-23-13-7-10(9-4-2-1-3-5-9)6-12(14(11)13)20-21-16(18)19;/h1-5,8,10H,6-7H2,(H2,17,22)(H4,18,19,21);1H/b20-12+;. The van der Waals surface area contributed by atoms with Gasteiger partial charge in [-0.05, 0) is 17.9 Å². The summed E-state index contributed by atoms with van der Waals surface area (Å²) in [6.45, 7) is 0. The van der Waals surface area contributed by atoms with Crippen LogP contribution in [0.2, 0.25) is 0 Å². The van der Waals surface area contributed by atoms with E-state index in [1.54, 1.807) is 0 Å². The van der Waals surface area contributed by atoms with E-state index < -0.39 is 5.91 Å². The Hall–Kier alpha value is -2.80. The average Bonchev–Trinajstić information content (AvgIpc) is 2.97. The molecule has 24 heavy (non-hydrogen) atoms. The monoisotopic (exact) mass is 347 g/mol. The van der Waals surface area contributed by atoms with Crippen LogP contribution in [0.25, 0.3) is 0 Å². The third-order valence-electron chi connectivity index (χ3n) is 3.88. The molecule has 0 radical (unpaired) electrons. The molecule has 0 spiro atoms. The summed E-state index contributed by atoms with van der Waals surface area (Å²) >= 11 is 0. The Morgan fingerprint density at radius 3 is 2.58 bits per heavy atom. The van der Waals surface area contributed by atoms with E-state index in [1.807, 2.05) is 30.3 Å². The second-order valence-corrected chi connectivity index (χ2v) is 5.41. The van der Waals surface area contributed by atoms with E-state index in [0.717, 1.165) is 5.56 Å². The maximum Gasteiger partial charge on any atom is 0.252 e. The quantitative estimate of drug-likeness (QED) is 0.382. The van der Waals surface area contributed by atoms with Gasteiger partial charge in [-0.3, -0.25) is 10.2 Å². The molecule has 2 aromatic rings. The lowest BCUT2D eigenvalue weighted by molar-refractivity contribution is 0.0999. The van der Waals surface area contributed by atoms with Gasteiger partial charge in [0.1, 0.15) is 12.0 Å². The fourth-order valence-electron chi connectivity index (χ4n) is 2.87. The van der Waals surface area contributed by atoms with Crippen LogP contribution < -0.4 is 16.9 Å². The Labute approximate surface area is 145 Å². The van der Waals surface area contributed by atoms with E-state index in [1.165, 1.54) is 6.26 Å². The summed E-state index contributed by atoms with van der Waals surface area (Å²) in [5.41, 5.74) is 15.8. The summed E-state index contributed by atoms with van der Waals surface area (Å²) in [7, 11) is 0. The van der Waals surface area contributed by atoms with Crippen molar-refractivity contribution in [2.24, 2.45) is 16.6 Å². The third kappa shape index (κ3) is 3.41. The Morgan fingerprint density at radius 1 is 1.25 bits per heavy atom. The zero-order chi connectivity index (χ0) is 16.4. The molecule has 1 aromatic carbocycles. The SMILES string of the molecule is Cl.N=C(N)N/N=C1\CC(c2ccccc2)Cc2occ(C(N)=O)c21. The maximum atomic E-state index is 11.6. The lowest BCUT2D eigenvalue weighted by Gasteiger charge is -2.23. The molecule has 0 aliphatic heterocycles. The first-order valence-electron chi connectivity index (χ1n) is 7.18. The maximum absolute atomic E-state index is 11.6. The van der Waals surface area contributed by atoms with Crippen molar-refractivity contribution in [2.75, 3.05) is 0 Å². The first kappa shape index (κ1) is 17.6. The van der Waals surface area contributed by atoms with Gasteiger partial charge in [0.2, 0.25) is 5.96 Å². The topological polar surface area (TPSA) is 130 Å². The third-order valence-corrected chi connectivity index (χ3v) is 3.88. The number of furan rings is 1. The van der Waals surface area contributed by atoms with Gasteiger partial charge in [-0.2, -0.15) is 5.10 Å². The number of halogens is 1. The van der Waals surface area contributed by atoms with Crippen molar-refractivity contribution in [3.8, 4) is 0 Å². The number of carbonyl (C=O) groups excluding carboxylic acids is 1. The Bertz CT molecular complexity index is 785. The second kappa shape index (κ2) is 7.18. The van der Waals surface area contributed by atoms with Gasteiger partial charge >= 0.3 is 0 Å². The van der Waals surface area contributed by atoms with Gasteiger partial charge in [0.05, 0.1) is 16.8 Å². The number of amides is 1. The second-order valence-electron chi connectivity index (χ2n) is 5.41.